The molecule has 0 radical (unpaired) electrons. The maximum Gasteiger partial charge on any atom is 0.126 e. The monoisotopic (exact) mass is 209 g/mol. The number of hydrogen-bond donors (Lipinski definition) is 1. The van der Waals surface area contributed by atoms with E-state index < -0.39 is 11.6 Å². The Labute approximate surface area is 87.3 Å². The van der Waals surface area contributed by atoms with Crippen molar-refractivity contribution in [2.24, 2.45) is 5.73 Å². The highest BCUT2D eigenvalue weighted by atomic mass is 19.1. The molecule has 2 N–H and O–H groups in total. The van der Waals surface area contributed by atoms with Crippen molar-refractivity contribution in [2.75, 3.05) is 0 Å². The van der Waals surface area contributed by atoms with Gasteiger partial charge in [0.2, 0.25) is 0 Å². The Bertz CT molecular complexity index is 399. The van der Waals surface area contributed by atoms with Crippen LogP contribution in [0.1, 0.15) is 31.2 Å². The van der Waals surface area contributed by atoms with E-state index >= 15 is 0 Å². The summed E-state index contributed by atoms with van der Waals surface area (Å²) in [4.78, 5) is 0. The van der Waals surface area contributed by atoms with Crippen LogP contribution in [0.15, 0.2) is 18.2 Å². The van der Waals surface area contributed by atoms with Crippen molar-refractivity contribution >= 4 is 0 Å². The largest absolute Gasteiger partial charge is 0.324 e. The molecule has 2 aliphatic carbocycles. The van der Waals surface area contributed by atoms with E-state index in [9.17, 15) is 8.78 Å². The van der Waals surface area contributed by atoms with Crippen molar-refractivity contribution in [3.05, 3.63) is 35.4 Å². The summed E-state index contributed by atoms with van der Waals surface area (Å²) in [5.74, 6) is -0.999. The van der Waals surface area contributed by atoms with Gasteiger partial charge in [0, 0.05) is 17.0 Å². The first-order chi connectivity index (χ1) is 7.06. The molecule has 0 unspecified atom stereocenters. The van der Waals surface area contributed by atoms with Gasteiger partial charge in [-0.15, -0.1) is 0 Å². The molecule has 15 heavy (non-hydrogen) atoms. The van der Waals surface area contributed by atoms with E-state index in [1.54, 1.807) is 0 Å². The zero-order chi connectivity index (χ0) is 10.7. The molecule has 1 aromatic carbocycles. The maximum atomic E-state index is 13.1. The highest BCUT2D eigenvalue weighted by Crippen LogP contribution is 2.63. The smallest absolute Gasteiger partial charge is 0.126 e. The Balaban J connectivity index is 2.06. The van der Waals surface area contributed by atoms with Crippen molar-refractivity contribution < 1.29 is 8.78 Å². The minimum absolute atomic E-state index is 0.129. The summed E-state index contributed by atoms with van der Waals surface area (Å²) in [6.07, 6.45) is 3.88. The first-order valence-electron chi connectivity index (χ1n) is 5.31. The molecule has 0 aliphatic heterocycles. The molecule has 1 aromatic rings. The molecule has 2 fully saturated rings. The maximum absolute atomic E-state index is 13.1. The number of rotatable bonds is 2. The van der Waals surface area contributed by atoms with Crippen LogP contribution in [0.4, 0.5) is 8.78 Å². The van der Waals surface area contributed by atoms with Crippen LogP contribution in [0, 0.1) is 11.6 Å². The van der Waals surface area contributed by atoms with E-state index in [4.69, 9.17) is 5.73 Å². The normalized spacial score (nSPS) is 25.0. The molecule has 0 saturated heterocycles. The third-order valence-electron chi connectivity index (χ3n) is 3.91. The third-order valence-corrected chi connectivity index (χ3v) is 3.91. The third kappa shape index (κ3) is 1.22. The first-order valence-corrected chi connectivity index (χ1v) is 5.31. The molecule has 3 rings (SSSR count). The second-order valence-corrected chi connectivity index (χ2v) is 4.90. The molecule has 0 bridgehead atoms. The number of nitrogens with two attached hydrogens (primary N) is 1. The predicted molar refractivity (Wildman–Crippen MR) is 53.4 cm³/mol. The molecule has 2 aliphatic rings. The van der Waals surface area contributed by atoms with Crippen LogP contribution in [0.5, 0.6) is 0 Å². The van der Waals surface area contributed by atoms with Crippen molar-refractivity contribution in [2.45, 2.75) is 36.6 Å². The Hall–Kier alpha value is -0.960. The molecule has 0 aromatic heterocycles. The fourth-order valence-corrected chi connectivity index (χ4v) is 2.64. The summed E-state index contributed by atoms with van der Waals surface area (Å²) in [5.41, 5.74) is 6.61. The van der Waals surface area contributed by atoms with Gasteiger partial charge in [-0.3, -0.25) is 0 Å². The summed E-state index contributed by atoms with van der Waals surface area (Å²) >= 11 is 0. The van der Waals surface area contributed by atoms with E-state index in [1.165, 1.54) is 12.1 Å². The van der Waals surface area contributed by atoms with Gasteiger partial charge >= 0.3 is 0 Å². The Kier molecular flexibility index (Phi) is 1.60. The predicted octanol–water partition coefficient (Wildman–Crippen LogP) is 2.49. The SMILES string of the molecule is NC1(C2(c3cc(F)cc(F)c3)CC2)CC1. The van der Waals surface area contributed by atoms with Crippen LogP contribution in [0.2, 0.25) is 0 Å². The second-order valence-electron chi connectivity index (χ2n) is 4.90. The fraction of sp³-hybridized carbons (Fsp3) is 0.500. The average molecular weight is 209 g/mol. The lowest BCUT2D eigenvalue weighted by Crippen LogP contribution is -2.37. The minimum atomic E-state index is -0.500. The molecular formula is C12H13F2N. The van der Waals surface area contributed by atoms with Gasteiger partial charge in [-0.2, -0.15) is 0 Å². The van der Waals surface area contributed by atoms with Crippen LogP contribution in [0.3, 0.4) is 0 Å². The molecule has 0 spiro atoms. The fourth-order valence-electron chi connectivity index (χ4n) is 2.64. The van der Waals surface area contributed by atoms with E-state index in [2.05, 4.69) is 0 Å². The number of benzene rings is 1. The van der Waals surface area contributed by atoms with Crippen molar-refractivity contribution in [3.63, 3.8) is 0 Å². The highest BCUT2D eigenvalue weighted by Gasteiger charge is 2.64. The number of halogens is 2. The highest BCUT2D eigenvalue weighted by molar-refractivity contribution is 5.41. The zero-order valence-corrected chi connectivity index (χ0v) is 8.39. The van der Waals surface area contributed by atoms with Gasteiger partial charge in [-0.25, -0.2) is 8.78 Å². The van der Waals surface area contributed by atoms with Crippen LogP contribution in [-0.4, -0.2) is 5.54 Å². The van der Waals surface area contributed by atoms with Crippen molar-refractivity contribution in [1.82, 2.24) is 0 Å². The quantitative estimate of drug-likeness (QED) is 0.795. The Morgan fingerprint density at radius 3 is 1.87 bits per heavy atom. The molecule has 80 valence electrons. The van der Waals surface area contributed by atoms with Crippen molar-refractivity contribution in [3.8, 4) is 0 Å². The summed E-state index contributed by atoms with van der Waals surface area (Å²) in [7, 11) is 0. The number of hydrogen-bond acceptors (Lipinski definition) is 1. The van der Waals surface area contributed by atoms with Crippen LogP contribution in [0.25, 0.3) is 0 Å². The standard InChI is InChI=1S/C12H13F2N/c13-9-5-8(6-10(14)7-9)11(1-2-11)12(15)3-4-12/h5-7H,1-4,15H2. The molecule has 0 amide bonds. The van der Waals surface area contributed by atoms with Crippen LogP contribution in [-0.2, 0) is 5.41 Å². The van der Waals surface area contributed by atoms with Gasteiger partial charge in [0.1, 0.15) is 11.6 Å². The Morgan fingerprint density at radius 2 is 1.47 bits per heavy atom. The van der Waals surface area contributed by atoms with E-state index in [-0.39, 0.29) is 11.0 Å². The van der Waals surface area contributed by atoms with E-state index in [0.29, 0.717) is 0 Å². The van der Waals surface area contributed by atoms with Gasteiger partial charge in [-0.1, -0.05) is 0 Å². The second kappa shape index (κ2) is 2.59. The average Bonchev–Trinajstić information content (AvgIpc) is 2.96. The van der Waals surface area contributed by atoms with Crippen molar-refractivity contribution in [1.29, 1.82) is 0 Å². The molecule has 1 nitrogen and oxygen atoms in total. The summed E-state index contributed by atoms with van der Waals surface area (Å²) in [6.45, 7) is 0. The van der Waals surface area contributed by atoms with E-state index in [0.717, 1.165) is 37.3 Å². The summed E-state index contributed by atoms with van der Waals surface area (Å²) < 4.78 is 26.2. The van der Waals surface area contributed by atoms with Gasteiger partial charge in [-0.05, 0) is 43.4 Å². The molecule has 2 saturated carbocycles. The topological polar surface area (TPSA) is 26.0 Å². The van der Waals surface area contributed by atoms with Gasteiger partial charge in [0.25, 0.3) is 0 Å². The molecular weight excluding hydrogens is 196 g/mol. The first kappa shape index (κ1) is 9.28. The molecule has 0 heterocycles. The zero-order valence-electron chi connectivity index (χ0n) is 8.39. The lowest BCUT2D eigenvalue weighted by molar-refractivity contribution is 0.492. The van der Waals surface area contributed by atoms with E-state index in [1.807, 2.05) is 0 Å². The van der Waals surface area contributed by atoms with Gasteiger partial charge < -0.3 is 5.73 Å². The molecule has 0 atom stereocenters. The minimum Gasteiger partial charge on any atom is -0.324 e. The summed E-state index contributed by atoms with van der Waals surface area (Å²) in [6, 6.07) is 3.78. The molecule has 3 heteroatoms. The van der Waals surface area contributed by atoms with Crippen LogP contribution < -0.4 is 5.73 Å². The van der Waals surface area contributed by atoms with Gasteiger partial charge in [0.15, 0.2) is 0 Å². The lowest BCUT2D eigenvalue weighted by atomic mass is 9.86. The van der Waals surface area contributed by atoms with Gasteiger partial charge in [0.05, 0.1) is 0 Å². The van der Waals surface area contributed by atoms with Crippen LogP contribution >= 0.6 is 0 Å². The lowest BCUT2D eigenvalue weighted by Gasteiger charge is -2.23. The Morgan fingerprint density at radius 1 is 0.933 bits per heavy atom. The summed E-state index contributed by atoms with van der Waals surface area (Å²) in [5, 5.41) is 0.